The van der Waals surface area contributed by atoms with Crippen LogP contribution in [0.5, 0.6) is 0 Å². The van der Waals surface area contributed by atoms with Gasteiger partial charge in [0.05, 0.1) is 17.5 Å². The Morgan fingerprint density at radius 1 is 0.793 bits per heavy atom. The van der Waals surface area contributed by atoms with Gasteiger partial charge in [-0.25, -0.2) is 5.01 Å². The lowest BCUT2D eigenvalue weighted by Crippen LogP contribution is -2.68. The Labute approximate surface area is 169 Å². The van der Waals surface area contributed by atoms with E-state index >= 15 is 0 Å². The van der Waals surface area contributed by atoms with Gasteiger partial charge in [0.15, 0.2) is 0 Å². The molecule has 2 amide bonds. The molecule has 142 valence electrons. The minimum Gasteiger partial charge on any atom is -0.273 e. The van der Waals surface area contributed by atoms with E-state index in [0.29, 0.717) is 5.69 Å². The number of para-hydroxylation sites is 1. The van der Waals surface area contributed by atoms with Crippen molar-refractivity contribution < 1.29 is 9.59 Å². The lowest BCUT2D eigenvalue weighted by molar-refractivity contribution is -0.144. The van der Waals surface area contributed by atoms with Crippen molar-refractivity contribution in [2.45, 2.75) is 18.3 Å². The second-order valence-corrected chi connectivity index (χ2v) is 8.34. The van der Waals surface area contributed by atoms with Gasteiger partial charge in [0.25, 0.3) is 5.91 Å². The van der Waals surface area contributed by atoms with E-state index in [4.69, 9.17) is 0 Å². The second kappa shape index (κ2) is 5.57. The van der Waals surface area contributed by atoms with E-state index in [0.717, 1.165) is 0 Å². The molecule has 0 aromatic heterocycles. The van der Waals surface area contributed by atoms with Crippen LogP contribution in [-0.4, -0.2) is 11.8 Å². The molecule has 1 aliphatic heterocycles. The van der Waals surface area contributed by atoms with Crippen molar-refractivity contribution >= 4 is 17.5 Å². The third-order valence-corrected chi connectivity index (χ3v) is 7.08. The van der Waals surface area contributed by atoms with Gasteiger partial charge in [0.2, 0.25) is 5.91 Å². The highest BCUT2D eigenvalue weighted by Crippen LogP contribution is 2.62. The fourth-order valence-electron chi connectivity index (χ4n) is 5.92. The van der Waals surface area contributed by atoms with E-state index in [9.17, 15) is 9.59 Å². The standard InChI is InChI=1S/C25H20N2O2/c1-25-18-13-7-5-11-16(18)20(17-12-6-8-14-19(17)25)21-22(25)24(29)27(26-23(21)28)15-9-3-2-4-10-15/h2-14,20-22H,1H3,(H,26,28)/t20?,21-,22-,25?/m0/s1. The van der Waals surface area contributed by atoms with Crippen LogP contribution in [0, 0.1) is 11.8 Å². The van der Waals surface area contributed by atoms with Crippen LogP contribution in [0.3, 0.4) is 0 Å². The summed E-state index contributed by atoms with van der Waals surface area (Å²) >= 11 is 0. The first-order valence-electron chi connectivity index (χ1n) is 10.0. The Morgan fingerprint density at radius 2 is 1.34 bits per heavy atom. The summed E-state index contributed by atoms with van der Waals surface area (Å²) in [4.78, 5) is 27.2. The molecule has 1 fully saturated rings. The van der Waals surface area contributed by atoms with Crippen LogP contribution in [0.25, 0.3) is 0 Å². The summed E-state index contributed by atoms with van der Waals surface area (Å²) in [5.41, 5.74) is 7.71. The van der Waals surface area contributed by atoms with E-state index in [2.05, 4.69) is 36.6 Å². The predicted molar refractivity (Wildman–Crippen MR) is 110 cm³/mol. The molecule has 29 heavy (non-hydrogen) atoms. The predicted octanol–water partition coefficient (Wildman–Crippen LogP) is 3.76. The molecule has 0 spiro atoms. The van der Waals surface area contributed by atoms with Gasteiger partial charge in [-0.15, -0.1) is 0 Å². The Kier molecular flexibility index (Phi) is 3.18. The van der Waals surface area contributed by atoms with Crippen molar-refractivity contribution in [1.82, 2.24) is 5.43 Å². The molecular weight excluding hydrogens is 360 g/mol. The largest absolute Gasteiger partial charge is 0.273 e. The molecule has 1 saturated heterocycles. The first-order chi connectivity index (χ1) is 14.1. The maximum absolute atomic E-state index is 13.8. The first-order valence-corrected chi connectivity index (χ1v) is 10.0. The summed E-state index contributed by atoms with van der Waals surface area (Å²) < 4.78 is 0. The number of carbonyl (C=O) groups is 2. The maximum atomic E-state index is 13.8. The normalized spacial score (nSPS) is 29.0. The van der Waals surface area contributed by atoms with E-state index in [-0.39, 0.29) is 17.7 Å². The molecule has 2 bridgehead atoms. The Balaban J connectivity index is 1.62. The number of rotatable bonds is 1. The molecule has 3 aliphatic carbocycles. The van der Waals surface area contributed by atoms with Gasteiger partial charge < -0.3 is 0 Å². The van der Waals surface area contributed by atoms with Crippen molar-refractivity contribution in [3.63, 3.8) is 0 Å². The number of nitrogens with one attached hydrogen (secondary N) is 1. The third kappa shape index (κ3) is 1.93. The minimum atomic E-state index is -0.547. The molecule has 0 saturated carbocycles. The molecular formula is C25H20N2O2. The third-order valence-electron chi connectivity index (χ3n) is 7.08. The number of amides is 2. The molecule has 4 nitrogen and oxygen atoms in total. The van der Waals surface area contributed by atoms with Crippen molar-refractivity contribution in [3.05, 3.63) is 101 Å². The average Bonchev–Trinajstić information content (AvgIpc) is 2.77. The molecule has 3 aromatic carbocycles. The van der Waals surface area contributed by atoms with Crippen molar-refractivity contribution in [2.24, 2.45) is 11.8 Å². The lowest BCUT2D eigenvalue weighted by atomic mass is 9.46. The fourth-order valence-corrected chi connectivity index (χ4v) is 5.92. The molecule has 2 atom stereocenters. The number of anilines is 1. The van der Waals surface area contributed by atoms with E-state index < -0.39 is 17.3 Å². The van der Waals surface area contributed by atoms with Crippen molar-refractivity contribution in [1.29, 1.82) is 0 Å². The van der Waals surface area contributed by atoms with Crippen LogP contribution < -0.4 is 10.4 Å². The van der Waals surface area contributed by atoms with Crippen LogP contribution in [0.15, 0.2) is 78.9 Å². The highest BCUT2D eigenvalue weighted by molar-refractivity contribution is 6.06. The maximum Gasteiger partial charge on any atom is 0.250 e. The van der Waals surface area contributed by atoms with Crippen LogP contribution in [-0.2, 0) is 15.0 Å². The number of benzene rings is 3. The van der Waals surface area contributed by atoms with Gasteiger partial charge in [-0.2, -0.15) is 0 Å². The summed E-state index contributed by atoms with van der Waals surface area (Å²) in [5, 5.41) is 1.45. The molecule has 1 heterocycles. The van der Waals surface area contributed by atoms with Crippen LogP contribution in [0.1, 0.15) is 35.1 Å². The monoisotopic (exact) mass is 380 g/mol. The Morgan fingerprint density at radius 3 is 1.97 bits per heavy atom. The van der Waals surface area contributed by atoms with Gasteiger partial charge in [-0.3, -0.25) is 15.0 Å². The van der Waals surface area contributed by atoms with Crippen LogP contribution in [0.2, 0.25) is 0 Å². The van der Waals surface area contributed by atoms with Gasteiger partial charge in [0, 0.05) is 11.3 Å². The number of carbonyl (C=O) groups excluding carboxylic acids is 2. The van der Waals surface area contributed by atoms with Gasteiger partial charge in [-0.1, -0.05) is 73.7 Å². The molecule has 1 N–H and O–H groups in total. The molecule has 7 rings (SSSR count). The Bertz CT molecular complexity index is 1120. The zero-order valence-corrected chi connectivity index (χ0v) is 16.0. The zero-order valence-electron chi connectivity index (χ0n) is 16.0. The molecule has 3 aromatic rings. The summed E-state index contributed by atoms with van der Waals surface area (Å²) in [6.45, 7) is 2.14. The van der Waals surface area contributed by atoms with Crippen LogP contribution >= 0.6 is 0 Å². The smallest absolute Gasteiger partial charge is 0.250 e. The molecule has 4 heteroatoms. The molecule has 0 unspecified atom stereocenters. The van der Waals surface area contributed by atoms with Gasteiger partial charge >= 0.3 is 0 Å². The van der Waals surface area contributed by atoms with Gasteiger partial charge in [-0.05, 0) is 34.4 Å². The van der Waals surface area contributed by atoms with Gasteiger partial charge in [0.1, 0.15) is 0 Å². The summed E-state index contributed by atoms with van der Waals surface area (Å²) in [5.74, 6) is -1.07. The van der Waals surface area contributed by atoms with Crippen LogP contribution in [0.4, 0.5) is 5.69 Å². The minimum absolute atomic E-state index is 0.0442. The number of nitrogens with zero attached hydrogens (tertiary/aromatic N) is 1. The highest BCUT2D eigenvalue weighted by Gasteiger charge is 2.63. The highest BCUT2D eigenvalue weighted by atomic mass is 16.2. The van der Waals surface area contributed by atoms with E-state index in [1.54, 1.807) is 0 Å². The fraction of sp³-hybridized carbons (Fsp3) is 0.200. The van der Waals surface area contributed by atoms with Crippen molar-refractivity contribution in [3.8, 4) is 0 Å². The average molecular weight is 380 g/mol. The number of hydrazine groups is 1. The summed E-state index contributed by atoms with van der Waals surface area (Å²) in [7, 11) is 0. The summed E-state index contributed by atoms with van der Waals surface area (Å²) in [6, 6.07) is 26.0. The topological polar surface area (TPSA) is 49.4 Å². The van der Waals surface area contributed by atoms with Crippen molar-refractivity contribution in [2.75, 3.05) is 5.01 Å². The SMILES string of the molecule is CC12c3ccccc3C(c3ccccc31)[C@@H]1C(=O)NN(c3ccccc3)C(=O)[C@H]12. The zero-order chi connectivity index (χ0) is 19.8. The lowest BCUT2D eigenvalue weighted by Gasteiger charge is -2.57. The van der Waals surface area contributed by atoms with E-state index in [1.165, 1.54) is 27.3 Å². The molecule has 0 radical (unpaired) electrons. The first kappa shape index (κ1) is 16.5. The Hall–Kier alpha value is -3.40. The second-order valence-electron chi connectivity index (χ2n) is 8.34. The number of hydrogen-bond donors (Lipinski definition) is 1. The summed E-state index contributed by atoms with van der Waals surface area (Å²) in [6.07, 6.45) is 0. The number of hydrogen-bond acceptors (Lipinski definition) is 2. The molecule has 4 aliphatic rings. The quantitative estimate of drug-likeness (QED) is 0.699. The van der Waals surface area contributed by atoms with E-state index in [1.807, 2.05) is 54.6 Å².